The van der Waals surface area contributed by atoms with Crippen LogP contribution in [0.25, 0.3) is 11.6 Å². The normalized spacial score (nSPS) is 11.2. The first-order valence-electron chi connectivity index (χ1n) is 6.65. The molecule has 0 saturated heterocycles. The van der Waals surface area contributed by atoms with Crippen LogP contribution in [-0.2, 0) is 0 Å². The Kier molecular flexibility index (Phi) is 6.21. The van der Waals surface area contributed by atoms with Crippen LogP contribution in [0.3, 0.4) is 0 Å². The number of hydrogen-bond donors (Lipinski definition) is 0. The molecule has 2 aromatic carbocycles. The molecule has 0 heterocycles. The van der Waals surface area contributed by atoms with Crippen molar-refractivity contribution in [1.29, 1.82) is 5.26 Å². The van der Waals surface area contributed by atoms with E-state index in [1.807, 2.05) is 6.92 Å². The molecule has 0 unspecified atom stereocenters. The van der Waals surface area contributed by atoms with Crippen molar-refractivity contribution in [2.45, 2.75) is 6.92 Å². The minimum Gasteiger partial charge on any atom is -0.491 e. The summed E-state index contributed by atoms with van der Waals surface area (Å²) in [4.78, 5) is 0. The quantitative estimate of drug-likeness (QED) is 0.429. The molecule has 2 rings (SSSR count). The first-order chi connectivity index (χ1) is 11.0. The lowest BCUT2D eigenvalue weighted by Gasteiger charge is -2.09. The van der Waals surface area contributed by atoms with Crippen molar-refractivity contribution >= 4 is 58.1 Å². The predicted molar refractivity (Wildman–Crippen MR) is 97.6 cm³/mol. The fourth-order valence-corrected chi connectivity index (χ4v) is 3.11. The van der Waals surface area contributed by atoms with Crippen molar-refractivity contribution in [3.8, 4) is 11.8 Å². The standard InChI is InChI=1S/C17H11Cl4NO/c1-2-23-17-15(20)6-10(7-16(17)21)5-11(9-22)13-4-3-12(18)8-14(13)19/h3-8H,2H2,1H3/b11-5+. The third-order valence-electron chi connectivity index (χ3n) is 2.96. The molecular weight excluding hydrogens is 376 g/mol. The van der Waals surface area contributed by atoms with Gasteiger partial charge in [-0.2, -0.15) is 5.26 Å². The van der Waals surface area contributed by atoms with Crippen LogP contribution in [0.1, 0.15) is 18.1 Å². The molecule has 118 valence electrons. The van der Waals surface area contributed by atoms with Gasteiger partial charge in [-0.25, -0.2) is 0 Å². The molecule has 0 amide bonds. The number of halogens is 4. The van der Waals surface area contributed by atoms with E-state index in [-0.39, 0.29) is 0 Å². The summed E-state index contributed by atoms with van der Waals surface area (Å²) in [5, 5.41) is 11.1. The Bertz CT molecular complexity index is 786. The van der Waals surface area contributed by atoms with Gasteiger partial charge in [0.05, 0.1) is 33.3 Å². The number of benzene rings is 2. The van der Waals surface area contributed by atoms with Gasteiger partial charge in [-0.15, -0.1) is 0 Å². The lowest BCUT2D eigenvalue weighted by molar-refractivity contribution is 0.340. The van der Waals surface area contributed by atoms with Crippen LogP contribution < -0.4 is 4.74 Å². The van der Waals surface area contributed by atoms with Crippen LogP contribution in [-0.4, -0.2) is 6.61 Å². The maximum Gasteiger partial charge on any atom is 0.156 e. The zero-order chi connectivity index (χ0) is 17.0. The van der Waals surface area contributed by atoms with Crippen molar-refractivity contribution in [1.82, 2.24) is 0 Å². The second-order valence-corrected chi connectivity index (χ2v) is 6.20. The Morgan fingerprint density at radius 1 is 1.09 bits per heavy atom. The molecule has 0 radical (unpaired) electrons. The van der Waals surface area contributed by atoms with E-state index in [2.05, 4.69) is 6.07 Å². The molecule has 0 aliphatic heterocycles. The summed E-state index contributed by atoms with van der Waals surface area (Å²) >= 11 is 24.4. The Morgan fingerprint density at radius 2 is 1.74 bits per heavy atom. The van der Waals surface area contributed by atoms with E-state index < -0.39 is 0 Å². The van der Waals surface area contributed by atoms with E-state index in [4.69, 9.17) is 51.1 Å². The highest BCUT2D eigenvalue weighted by Crippen LogP contribution is 2.36. The molecule has 0 spiro atoms. The van der Waals surface area contributed by atoms with Gasteiger partial charge < -0.3 is 4.74 Å². The molecule has 6 heteroatoms. The molecule has 0 N–H and O–H groups in total. The molecule has 0 bridgehead atoms. The van der Waals surface area contributed by atoms with E-state index in [1.165, 1.54) is 0 Å². The molecule has 0 saturated carbocycles. The van der Waals surface area contributed by atoms with Crippen LogP contribution in [0.4, 0.5) is 0 Å². The summed E-state index contributed by atoms with van der Waals surface area (Å²) < 4.78 is 5.39. The minimum atomic E-state index is 0.378. The number of ether oxygens (including phenoxy) is 1. The predicted octanol–water partition coefficient (Wildman–Crippen LogP) is 6.76. The number of nitrogens with zero attached hydrogens (tertiary/aromatic N) is 1. The molecular formula is C17H11Cl4NO. The molecule has 0 aliphatic rings. The van der Waals surface area contributed by atoms with Crippen LogP contribution in [0.2, 0.25) is 20.1 Å². The number of rotatable bonds is 4. The maximum atomic E-state index is 9.41. The second kappa shape index (κ2) is 7.95. The molecule has 2 aromatic rings. The zero-order valence-electron chi connectivity index (χ0n) is 12.0. The highest BCUT2D eigenvalue weighted by Gasteiger charge is 2.11. The Hall–Kier alpha value is -1.37. The van der Waals surface area contributed by atoms with Gasteiger partial charge in [0.25, 0.3) is 0 Å². The third-order valence-corrected chi connectivity index (χ3v) is 4.07. The number of hydrogen-bond acceptors (Lipinski definition) is 2. The van der Waals surface area contributed by atoms with E-state index >= 15 is 0 Å². The zero-order valence-corrected chi connectivity index (χ0v) is 15.1. The van der Waals surface area contributed by atoms with Gasteiger partial charge in [0.1, 0.15) is 0 Å². The fourth-order valence-electron chi connectivity index (χ4n) is 1.99. The Labute approximate surface area is 154 Å². The number of nitriles is 1. The molecule has 0 aliphatic carbocycles. The van der Waals surface area contributed by atoms with Gasteiger partial charge in [0.15, 0.2) is 5.75 Å². The summed E-state index contributed by atoms with van der Waals surface area (Å²) in [6.07, 6.45) is 1.66. The summed E-state index contributed by atoms with van der Waals surface area (Å²) in [5.41, 5.74) is 1.63. The number of allylic oxidation sites excluding steroid dienone is 1. The minimum absolute atomic E-state index is 0.378. The molecule has 0 aromatic heterocycles. The smallest absolute Gasteiger partial charge is 0.156 e. The molecule has 2 nitrogen and oxygen atoms in total. The van der Waals surface area contributed by atoms with Crippen molar-refractivity contribution in [3.05, 3.63) is 61.5 Å². The maximum absolute atomic E-state index is 9.41. The summed E-state index contributed by atoms with van der Waals surface area (Å²) in [6.45, 7) is 2.30. The second-order valence-electron chi connectivity index (χ2n) is 4.54. The monoisotopic (exact) mass is 385 g/mol. The van der Waals surface area contributed by atoms with Gasteiger partial charge in [0, 0.05) is 10.6 Å². The van der Waals surface area contributed by atoms with E-state index in [1.54, 1.807) is 36.4 Å². The van der Waals surface area contributed by atoms with Gasteiger partial charge >= 0.3 is 0 Å². The van der Waals surface area contributed by atoms with Crippen LogP contribution in [0.5, 0.6) is 5.75 Å². The van der Waals surface area contributed by atoms with Crippen molar-refractivity contribution in [2.75, 3.05) is 6.61 Å². The van der Waals surface area contributed by atoms with E-state index in [0.29, 0.717) is 49.1 Å². The van der Waals surface area contributed by atoms with Gasteiger partial charge in [-0.3, -0.25) is 0 Å². The van der Waals surface area contributed by atoms with Gasteiger partial charge in [-0.1, -0.05) is 52.5 Å². The van der Waals surface area contributed by atoms with E-state index in [9.17, 15) is 5.26 Å². The fraction of sp³-hybridized carbons (Fsp3) is 0.118. The Balaban J connectivity index is 2.49. The molecule has 0 atom stereocenters. The van der Waals surface area contributed by atoms with Crippen LogP contribution >= 0.6 is 46.4 Å². The van der Waals surface area contributed by atoms with Crippen molar-refractivity contribution in [2.24, 2.45) is 0 Å². The van der Waals surface area contributed by atoms with Crippen molar-refractivity contribution < 1.29 is 4.74 Å². The summed E-state index contributed by atoms with van der Waals surface area (Å²) in [5.74, 6) is 0.427. The summed E-state index contributed by atoms with van der Waals surface area (Å²) in [7, 11) is 0. The molecule has 0 fully saturated rings. The van der Waals surface area contributed by atoms with E-state index in [0.717, 1.165) is 0 Å². The first kappa shape index (κ1) is 18.0. The highest BCUT2D eigenvalue weighted by atomic mass is 35.5. The largest absolute Gasteiger partial charge is 0.491 e. The lowest BCUT2D eigenvalue weighted by atomic mass is 10.0. The van der Waals surface area contributed by atoms with Gasteiger partial charge in [-0.05, 0) is 42.8 Å². The average Bonchev–Trinajstić information content (AvgIpc) is 2.49. The Morgan fingerprint density at radius 3 is 2.26 bits per heavy atom. The topological polar surface area (TPSA) is 33.0 Å². The lowest BCUT2D eigenvalue weighted by Crippen LogP contribution is -1.94. The van der Waals surface area contributed by atoms with Crippen LogP contribution in [0.15, 0.2) is 30.3 Å². The van der Waals surface area contributed by atoms with Gasteiger partial charge in [0.2, 0.25) is 0 Å². The summed E-state index contributed by atoms with van der Waals surface area (Å²) in [6, 6.07) is 10.4. The first-order valence-corrected chi connectivity index (χ1v) is 8.16. The third kappa shape index (κ3) is 4.34. The van der Waals surface area contributed by atoms with Crippen molar-refractivity contribution in [3.63, 3.8) is 0 Å². The SMILES string of the molecule is CCOc1c(Cl)cc(/C=C(\C#N)c2ccc(Cl)cc2Cl)cc1Cl. The average molecular weight is 387 g/mol. The van der Waals surface area contributed by atoms with Crippen LogP contribution in [0, 0.1) is 11.3 Å². The molecule has 23 heavy (non-hydrogen) atoms. The highest BCUT2D eigenvalue weighted by molar-refractivity contribution is 6.37.